The van der Waals surface area contributed by atoms with E-state index in [0.29, 0.717) is 23.7 Å². The predicted octanol–water partition coefficient (Wildman–Crippen LogP) is 1.89. The zero-order chi connectivity index (χ0) is 13.8. The highest BCUT2D eigenvalue weighted by molar-refractivity contribution is 7.90. The Morgan fingerprint density at radius 1 is 1.30 bits per heavy atom. The molecule has 0 heterocycles. The second-order valence-electron chi connectivity index (χ2n) is 4.04. The van der Waals surface area contributed by atoms with Gasteiger partial charge in [0.2, 0.25) is 0 Å². The summed E-state index contributed by atoms with van der Waals surface area (Å²) in [6.45, 7) is 2.36. The minimum absolute atomic E-state index is 0. The average molecular weight is 323 g/mol. The van der Waals surface area contributed by atoms with Crippen LogP contribution in [0, 0.1) is 0 Å². The average Bonchev–Trinajstić information content (AvgIpc) is 2.27. The van der Waals surface area contributed by atoms with Crippen LogP contribution in [0.5, 0.6) is 11.5 Å². The molecule has 7 heteroatoms. The third-order valence-corrected chi connectivity index (χ3v) is 3.36. The zero-order valence-corrected chi connectivity index (χ0v) is 13.2. The van der Waals surface area contributed by atoms with Crippen LogP contribution in [0.3, 0.4) is 0 Å². The van der Waals surface area contributed by atoms with Gasteiger partial charge in [0, 0.05) is 12.3 Å². The molecule has 1 atom stereocenters. The highest BCUT2D eigenvalue weighted by atomic mass is 32.2. The molecule has 0 spiro atoms. The van der Waals surface area contributed by atoms with Crippen molar-refractivity contribution in [3.63, 3.8) is 0 Å². The quantitative estimate of drug-likeness (QED) is 0.865. The maximum absolute atomic E-state index is 11.2. The Morgan fingerprint density at radius 3 is 2.35 bits per heavy atom. The van der Waals surface area contributed by atoms with Gasteiger partial charge < -0.3 is 15.2 Å². The van der Waals surface area contributed by atoms with Crippen molar-refractivity contribution in [2.75, 3.05) is 25.7 Å². The van der Waals surface area contributed by atoms with Crippen LogP contribution in [0.1, 0.15) is 26.0 Å². The fraction of sp³-hybridized carbons (Fsp3) is 0.538. The van der Waals surface area contributed by atoms with Crippen molar-refractivity contribution < 1.29 is 17.9 Å². The number of nitrogens with two attached hydrogens (primary N) is 1. The summed E-state index contributed by atoms with van der Waals surface area (Å²) in [6, 6.07) is 4.63. The Kier molecular flexibility index (Phi) is 9.72. The van der Waals surface area contributed by atoms with E-state index in [1.807, 2.05) is 6.92 Å². The number of hydrogen-bond acceptors (Lipinski definition) is 5. The van der Waals surface area contributed by atoms with Crippen molar-refractivity contribution in [3.05, 3.63) is 23.8 Å². The van der Waals surface area contributed by atoms with Crippen LogP contribution >= 0.6 is 13.5 Å². The molecule has 5 nitrogen and oxygen atoms in total. The third-order valence-electron chi connectivity index (χ3n) is 2.40. The largest absolute Gasteiger partial charge is 0.493 e. The van der Waals surface area contributed by atoms with Crippen LogP contribution in [0.25, 0.3) is 0 Å². The molecule has 1 rings (SSSR count). The van der Waals surface area contributed by atoms with Crippen molar-refractivity contribution in [1.82, 2.24) is 0 Å². The number of methoxy groups -OCH3 is 1. The predicted molar refractivity (Wildman–Crippen MR) is 87.9 cm³/mol. The molecule has 0 radical (unpaired) electrons. The molecule has 0 aliphatic rings. The molecule has 0 amide bonds. The van der Waals surface area contributed by atoms with Crippen LogP contribution < -0.4 is 15.2 Å². The Hall–Kier alpha value is -0.920. The summed E-state index contributed by atoms with van der Waals surface area (Å²) in [5.74, 6) is 1.08. The van der Waals surface area contributed by atoms with Crippen molar-refractivity contribution >= 4 is 23.3 Å². The van der Waals surface area contributed by atoms with Crippen molar-refractivity contribution in [2.24, 2.45) is 5.73 Å². The lowest BCUT2D eigenvalue weighted by Crippen LogP contribution is -2.20. The first kappa shape index (κ1) is 21.4. The van der Waals surface area contributed by atoms with E-state index in [1.54, 1.807) is 25.3 Å². The summed E-state index contributed by atoms with van der Waals surface area (Å²) in [7, 11) is -1.56. The Bertz CT molecular complexity index is 503. The van der Waals surface area contributed by atoms with Crippen LogP contribution in [-0.4, -0.2) is 34.1 Å². The van der Waals surface area contributed by atoms with E-state index in [2.05, 4.69) is 0 Å². The first-order valence-electron chi connectivity index (χ1n) is 5.61. The van der Waals surface area contributed by atoms with E-state index >= 15 is 0 Å². The topological polar surface area (TPSA) is 78.6 Å². The van der Waals surface area contributed by atoms with Gasteiger partial charge in [-0.15, -0.1) is 0 Å². The van der Waals surface area contributed by atoms with Gasteiger partial charge in [-0.1, -0.05) is 13.5 Å². The molecule has 1 aromatic carbocycles. The van der Waals surface area contributed by atoms with Gasteiger partial charge >= 0.3 is 0 Å². The SMILES string of the molecule is C.CCOc1cc([C@H](N)CS(C)(=O)=O)ccc1OC.S. The number of sulfone groups is 1. The first-order valence-corrected chi connectivity index (χ1v) is 7.67. The molecule has 0 aliphatic heterocycles. The van der Waals surface area contributed by atoms with Gasteiger partial charge in [-0.25, -0.2) is 8.42 Å². The van der Waals surface area contributed by atoms with Crippen LogP contribution in [-0.2, 0) is 9.84 Å². The maximum Gasteiger partial charge on any atom is 0.161 e. The molecular weight excluding hydrogens is 298 g/mol. The lowest BCUT2D eigenvalue weighted by molar-refractivity contribution is 0.310. The highest BCUT2D eigenvalue weighted by Crippen LogP contribution is 2.30. The van der Waals surface area contributed by atoms with E-state index < -0.39 is 15.9 Å². The van der Waals surface area contributed by atoms with Crippen LogP contribution in [0.15, 0.2) is 18.2 Å². The summed E-state index contributed by atoms with van der Waals surface area (Å²) in [6.07, 6.45) is 1.17. The van der Waals surface area contributed by atoms with Crippen LogP contribution in [0.4, 0.5) is 0 Å². The van der Waals surface area contributed by atoms with E-state index in [-0.39, 0.29) is 26.7 Å². The lowest BCUT2D eigenvalue weighted by Gasteiger charge is -2.15. The summed E-state index contributed by atoms with van der Waals surface area (Å²) >= 11 is 0. The molecule has 0 unspecified atom stereocenters. The third kappa shape index (κ3) is 6.49. The standard InChI is InChI=1S/C12H19NO4S.CH4.H2S/c1-4-17-12-7-9(5-6-11(12)16-2)10(13)8-18(3,14)15;;/h5-7,10H,4,8,13H2,1-3H3;1H4;1H2/t10-;;/m1../s1. The fourth-order valence-corrected chi connectivity index (χ4v) is 2.46. The molecule has 0 saturated heterocycles. The lowest BCUT2D eigenvalue weighted by atomic mass is 10.1. The molecule has 0 bridgehead atoms. The van der Waals surface area contributed by atoms with Gasteiger partial charge in [-0.2, -0.15) is 13.5 Å². The van der Waals surface area contributed by atoms with Crippen molar-refractivity contribution in [1.29, 1.82) is 0 Å². The van der Waals surface area contributed by atoms with Gasteiger partial charge in [0.25, 0.3) is 0 Å². The smallest absolute Gasteiger partial charge is 0.161 e. The van der Waals surface area contributed by atoms with Gasteiger partial charge in [0.05, 0.1) is 19.5 Å². The van der Waals surface area contributed by atoms with Gasteiger partial charge in [0.15, 0.2) is 11.5 Å². The zero-order valence-electron chi connectivity index (χ0n) is 11.3. The molecule has 2 N–H and O–H groups in total. The Balaban J connectivity index is 0. The summed E-state index contributed by atoms with van der Waals surface area (Å²) in [5, 5.41) is 0. The van der Waals surface area contributed by atoms with E-state index in [1.165, 1.54) is 6.26 Å². The number of benzene rings is 1. The normalized spacial score (nSPS) is 11.8. The van der Waals surface area contributed by atoms with E-state index in [0.717, 1.165) is 0 Å². The highest BCUT2D eigenvalue weighted by Gasteiger charge is 2.15. The van der Waals surface area contributed by atoms with Gasteiger partial charge in [-0.3, -0.25) is 0 Å². The Labute approximate surface area is 128 Å². The number of hydrogen-bond donors (Lipinski definition) is 1. The van der Waals surface area contributed by atoms with Gasteiger partial charge in [0.1, 0.15) is 9.84 Å². The Morgan fingerprint density at radius 2 is 1.90 bits per heavy atom. The fourth-order valence-electron chi connectivity index (χ4n) is 1.61. The number of ether oxygens (including phenoxy) is 2. The minimum Gasteiger partial charge on any atom is -0.493 e. The van der Waals surface area contributed by atoms with Gasteiger partial charge in [-0.05, 0) is 24.6 Å². The second-order valence-corrected chi connectivity index (χ2v) is 6.23. The van der Waals surface area contributed by atoms with Crippen molar-refractivity contribution in [2.45, 2.75) is 20.4 Å². The first-order chi connectivity index (χ1) is 8.37. The molecule has 0 fully saturated rings. The molecule has 0 saturated carbocycles. The molecule has 118 valence electrons. The summed E-state index contributed by atoms with van der Waals surface area (Å²) in [5.41, 5.74) is 6.57. The maximum atomic E-state index is 11.2. The monoisotopic (exact) mass is 323 g/mol. The molecular formula is C13H25NO4S2. The van der Waals surface area contributed by atoms with E-state index in [4.69, 9.17) is 15.2 Å². The summed E-state index contributed by atoms with van der Waals surface area (Å²) in [4.78, 5) is 0. The second kappa shape index (κ2) is 9.10. The summed E-state index contributed by atoms with van der Waals surface area (Å²) < 4.78 is 33.0. The molecule has 0 aliphatic carbocycles. The molecule has 1 aromatic rings. The molecule has 20 heavy (non-hydrogen) atoms. The number of rotatable bonds is 6. The minimum atomic E-state index is -3.11. The van der Waals surface area contributed by atoms with Crippen molar-refractivity contribution in [3.8, 4) is 11.5 Å². The van der Waals surface area contributed by atoms with Crippen LogP contribution in [0.2, 0.25) is 0 Å². The van der Waals surface area contributed by atoms with E-state index in [9.17, 15) is 8.42 Å². The molecule has 0 aromatic heterocycles.